The molecule has 1 saturated heterocycles. The molecule has 1 unspecified atom stereocenters. The summed E-state index contributed by atoms with van der Waals surface area (Å²) in [6.07, 6.45) is -2.55. The molecule has 90 valence electrons. The van der Waals surface area contributed by atoms with Gasteiger partial charge in [0.1, 0.15) is 0 Å². The van der Waals surface area contributed by atoms with Crippen molar-refractivity contribution < 1.29 is 13.2 Å². The summed E-state index contributed by atoms with van der Waals surface area (Å²) in [5.74, 6) is 0.511. The highest BCUT2D eigenvalue weighted by Crippen LogP contribution is 2.22. The average molecular weight is 224 g/mol. The molecule has 0 radical (unpaired) electrons. The van der Waals surface area contributed by atoms with Crippen LogP contribution in [0.2, 0.25) is 0 Å². The SMILES string of the molecule is CNCC1CCCN(CCC(F)(F)F)C1. The van der Waals surface area contributed by atoms with Gasteiger partial charge < -0.3 is 10.2 Å². The minimum atomic E-state index is -4.02. The molecule has 0 amide bonds. The Balaban J connectivity index is 2.24. The van der Waals surface area contributed by atoms with Crippen molar-refractivity contribution >= 4 is 0 Å². The fraction of sp³-hybridized carbons (Fsp3) is 1.00. The molecule has 0 aromatic heterocycles. The zero-order valence-electron chi connectivity index (χ0n) is 9.11. The van der Waals surface area contributed by atoms with Crippen molar-refractivity contribution in [1.29, 1.82) is 0 Å². The molecule has 1 rings (SSSR count). The molecule has 1 aliphatic heterocycles. The van der Waals surface area contributed by atoms with Crippen LogP contribution in [0, 0.1) is 5.92 Å². The normalized spacial score (nSPS) is 24.4. The third-order valence-electron chi connectivity index (χ3n) is 2.81. The van der Waals surface area contributed by atoms with E-state index in [2.05, 4.69) is 5.32 Å². The van der Waals surface area contributed by atoms with Crippen LogP contribution in [0.3, 0.4) is 0 Å². The van der Waals surface area contributed by atoms with Crippen molar-refractivity contribution in [3.05, 3.63) is 0 Å². The second-order valence-electron chi connectivity index (χ2n) is 4.23. The number of likely N-dealkylation sites (tertiary alicyclic amines) is 1. The van der Waals surface area contributed by atoms with Crippen molar-refractivity contribution in [2.75, 3.05) is 33.2 Å². The van der Waals surface area contributed by atoms with E-state index in [0.29, 0.717) is 5.92 Å². The quantitative estimate of drug-likeness (QED) is 0.784. The maximum Gasteiger partial charge on any atom is 0.390 e. The topological polar surface area (TPSA) is 15.3 Å². The van der Waals surface area contributed by atoms with Crippen LogP contribution in [0.5, 0.6) is 0 Å². The van der Waals surface area contributed by atoms with Crippen LogP contribution in [-0.4, -0.2) is 44.3 Å². The van der Waals surface area contributed by atoms with E-state index in [0.717, 1.165) is 32.5 Å². The van der Waals surface area contributed by atoms with Gasteiger partial charge in [-0.15, -0.1) is 0 Å². The molecule has 1 N–H and O–H groups in total. The summed E-state index contributed by atoms with van der Waals surface area (Å²) < 4.78 is 36.1. The summed E-state index contributed by atoms with van der Waals surface area (Å²) in [6, 6.07) is 0. The van der Waals surface area contributed by atoms with Gasteiger partial charge in [0.2, 0.25) is 0 Å². The lowest BCUT2D eigenvalue weighted by Gasteiger charge is -2.32. The van der Waals surface area contributed by atoms with E-state index < -0.39 is 12.6 Å². The van der Waals surface area contributed by atoms with Gasteiger partial charge >= 0.3 is 6.18 Å². The number of alkyl halides is 3. The van der Waals surface area contributed by atoms with Gasteiger partial charge in [0, 0.05) is 13.1 Å². The molecule has 0 aliphatic carbocycles. The lowest BCUT2D eigenvalue weighted by Crippen LogP contribution is -2.40. The smallest absolute Gasteiger partial charge is 0.319 e. The molecule has 1 heterocycles. The van der Waals surface area contributed by atoms with E-state index in [1.165, 1.54) is 0 Å². The number of hydrogen-bond acceptors (Lipinski definition) is 2. The second-order valence-corrected chi connectivity index (χ2v) is 4.23. The number of hydrogen-bond donors (Lipinski definition) is 1. The average Bonchev–Trinajstić information content (AvgIpc) is 2.15. The first-order valence-electron chi connectivity index (χ1n) is 5.45. The van der Waals surface area contributed by atoms with Gasteiger partial charge in [-0.05, 0) is 38.9 Å². The summed E-state index contributed by atoms with van der Waals surface area (Å²) in [4.78, 5) is 1.93. The lowest BCUT2D eigenvalue weighted by atomic mass is 9.98. The first-order chi connectivity index (χ1) is 7.01. The van der Waals surface area contributed by atoms with E-state index in [-0.39, 0.29) is 6.54 Å². The molecule has 15 heavy (non-hydrogen) atoms. The number of halogens is 3. The highest BCUT2D eigenvalue weighted by Gasteiger charge is 2.29. The van der Waals surface area contributed by atoms with Crippen LogP contribution in [0.15, 0.2) is 0 Å². The number of piperidine rings is 1. The van der Waals surface area contributed by atoms with Gasteiger partial charge in [0.05, 0.1) is 6.42 Å². The van der Waals surface area contributed by atoms with Crippen LogP contribution in [0.1, 0.15) is 19.3 Å². The number of nitrogens with zero attached hydrogens (tertiary/aromatic N) is 1. The lowest BCUT2D eigenvalue weighted by molar-refractivity contribution is -0.138. The number of rotatable bonds is 4. The van der Waals surface area contributed by atoms with E-state index in [9.17, 15) is 13.2 Å². The van der Waals surface area contributed by atoms with Crippen molar-refractivity contribution in [2.45, 2.75) is 25.4 Å². The fourth-order valence-corrected chi connectivity index (χ4v) is 2.09. The molecule has 0 aromatic carbocycles. The third kappa shape index (κ3) is 5.37. The molecule has 0 saturated carbocycles. The molecular formula is C10H19F3N2. The summed E-state index contributed by atoms with van der Waals surface area (Å²) in [5.41, 5.74) is 0. The van der Waals surface area contributed by atoms with Crippen LogP contribution < -0.4 is 5.32 Å². The van der Waals surface area contributed by atoms with Crippen molar-refractivity contribution in [3.8, 4) is 0 Å². The number of nitrogens with one attached hydrogen (secondary N) is 1. The van der Waals surface area contributed by atoms with E-state index in [4.69, 9.17) is 0 Å². The largest absolute Gasteiger partial charge is 0.390 e. The van der Waals surface area contributed by atoms with E-state index >= 15 is 0 Å². The predicted molar refractivity (Wildman–Crippen MR) is 53.8 cm³/mol. The van der Waals surface area contributed by atoms with Gasteiger partial charge in [0.15, 0.2) is 0 Å². The molecule has 0 aromatic rings. The maximum atomic E-state index is 12.0. The molecule has 1 atom stereocenters. The molecule has 0 bridgehead atoms. The Bertz CT molecular complexity index is 180. The minimum Gasteiger partial charge on any atom is -0.319 e. The van der Waals surface area contributed by atoms with E-state index in [1.807, 2.05) is 11.9 Å². The van der Waals surface area contributed by atoms with Gasteiger partial charge in [-0.25, -0.2) is 0 Å². The first kappa shape index (κ1) is 12.8. The minimum absolute atomic E-state index is 0.156. The monoisotopic (exact) mass is 224 g/mol. The molecule has 2 nitrogen and oxygen atoms in total. The van der Waals surface area contributed by atoms with Crippen molar-refractivity contribution in [3.63, 3.8) is 0 Å². The van der Waals surface area contributed by atoms with Crippen molar-refractivity contribution in [2.24, 2.45) is 5.92 Å². The summed E-state index contributed by atoms with van der Waals surface area (Å²) in [5, 5.41) is 3.08. The van der Waals surface area contributed by atoms with Crippen LogP contribution >= 0.6 is 0 Å². The zero-order valence-corrected chi connectivity index (χ0v) is 9.11. The molecule has 1 fully saturated rings. The molecule has 0 spiro atoms. The van der Waals surface area contributed by atoms with Crippen LogP contribution in [-0.2, 0) is 0 Å². The van der Waals surface area contributed by atoms with Crippen LogP contribution in [0.25, 0.3) is 0 Å². The molecule has 5 heteroatoms. The predicted octanol–water partition coefficient (Wildman–Crippen LogP) is 1.87. The van der Waals surface area contributed by atoms with Crippen molar-refractivity contribution in [1.82, 2.24) is 10.2 Å². The standard InChI is InChI=1S/C10H19F3N2/c1-14-7-9-3-2-5-15(8-9)6-4-10(11,12)13/h9,14H,2-8H2,1H3. The Morgan fingerprint density at radius 1 is 1.40 bits per heavy atom. The third-order valence-corrected chi connectivity index (χ3v) is 2.81. The first-order valence-corrected chi connectivity index (χ1v) is 5.45. The van der Waals surface area contributed by atoms with Gasteiger partial charge in [-0.2, -0.15) is 13.2 Å². The maximum absolute atomic E-state index is 12.0. The Morgan fingerprint density at radius 3 is 2.73 bits per heavy atom. The Hall–Kier alpha value is -0.290. The highest BCUT2D eigenvalue weighted by molar-refractivity contribution is 4.74. The van der Waals surface area contributed by atoms with Crippen LogP contribution in [0.4, 0.5) is 13.2 Å². The summed E-state index contributed by atoms with van der Waals surface area (Å²) in [6.45, 7) is 2.68. The Morgan fingerprint density at radius 2 is 2.13 bits per heavy atom. The molecule has 1 aliphatic rings. The zero-order chi connectivity index (χ0) is 11.3. The van der Waals surface area contributed by atoms with Gasteiger partial charge in [0.25, 0.3) is 0 Å². The van der Waals surface area contributed by atoms with E-state index in [1.54, 1.807) is 0 Å². The van der Waals surface area contributed by atoms with Gasteiger partial charge in [-0.3, -0.25) is 0 Å². The Labute approximate surface area is 88.8 Å². The summed E-state index contributed by atoms with van der Waals surface area (Å²) in [7, 11) is 1.88. The highest BCUT2D eigenvalue weighted by atomic mass is 19.4. The second kappa shape index (κ2) is 5.70. The fourth-order valence-electron chi connectivity index (χ4n) is 2.09. The Kier molecular flexibility index (Phi) is 4.86. The van der Waals surface area contributed by atoms with Gasteiger partial charge in [-0.1, -0.05) is 0 Å². The molecular weight excluding hydrogens is 205 g/mol. The summed E-state index contributed by atoms with van der Waals surface area (Å²) >= 11 is 0.